The van der Waals surface area contributed by atoms with Gasteiger partial charge < -0.3 is 11.1 Å². The van der Waals surface area contributed by atoms with Gasteiger partial charge in [-0.25, -0.2) is 0 Å². The molecule has 1 rings (SSSR count). The first-order chi connectivity index (χ1) is 6.65. The van der Waals surface area contributed by atoms with Gasteiger partial charge in [0, 0.05) is 5.92 Å². The molecule has 0 radical (unpaired) electrons. The Bertz CT molecular complexity index is 199. The number of hydrogen-bond acceptors (Lipinski definition) is 2. The summed E-state index contributed by atoms with van der Waals surface area (Å²) in [4.78, 5) is 10.9. The molecule has 3 unspecified atom stereocenters. The highest BCUT2D eigenvalue weighted by Gasteiger charge is 2.25. The van der Waals surface area contributed by atoms with Crippen LogP contribution in [0.4, 0.5) is 0 Å². The molecule has 3 N–H and O–H groups in total. The van der Waals surface area contributed by atoms with Crippen LogP contribution in [0.15, 0.2) is 0 Å². The average Bonchev–Trinajstić information content (AvgIpc) is 2.60. The molecular formula is C11H23ClN2O. The maximum absolute atomic E-state index is 10.9. The van der Waals surface area contributed by atoms with Gasteiger partial charge in [-0.3, -0.25) is 4.79 Å². The summed E-state index contributed by atoms with van der Waals surface area (Å²) in [6, 6.07) is 0. The van der Waals surface area contributed by atoms with Crippen molar-refractivity contribution in [3.63, 3.8) is 0 Å². The lowest BCUT2D eigenvalue weighted by molar-refractivity contribution is -0.121. The molecule has 0 aromatic heterocycles. The van der Waals surface area contributed by atoms with Crippen molar-refractivity contribution in [2.45, 2.75) is 33.1 Å². The fourth-order valence-electron chi connectivity index (χ4n) is 2.21. The molecule has 1 saturated heterocycles. The van der Waals surface area contributed by atoms with E-state index in [2.05, 4.69) is 12.2 Å². The first kappa shape index (κ1) is 14.7. The van der Waals surface area contributed by atoms with Crippen LogP contribution in [-0.2, 0) is 4.79 Å². The van der Waals surface area contributed by atoms with Crippen molar-refractivity contribution < 1.29 is 4.79 Å². The molecule has 0 aliphatic carbocycles. The minimum atomic E-state index is -0.163. The van der Waals surface area contributed by atoms with Crippen LogP contribution >= 0.6 is 12.4 Å². The smallest absolute Gasteiger partial charge is 0.220 e. The van der Waals surface area contributed by atoms with E-state index in [1.807, 2.05) is 6.92 Å². The zero-order chi connectivity index (χ0) is 10.6. The minimum absolute atomic E-state index is 0. The van der Waals surface area contributed by atoms with E-state index in [4.69, 9.17) is 5.73 Å². The lowest BCUT2D eigenvalue weighted by atomic mass is 9.87. The molecule has 0 saturated carbocycles. The van der Waals surface area contributed by atoms with Crippen molar-refractivity contribution in [2.24, 2.45) is 23.5 Å². The number of carbonyl (C=O) groups is 1. The molecular weight excluding hydrogens is 212 g/mol. The SMILES string of the molecule is CCC1CNCC1CCC(C)C(N)=O.Cl. The summed E-state index contributed by atoms with van der Waals surface area (Å²) in [6.45, 7) is 6.42. The Morgan fingerprint density at radius 1 is 1.47 bits per heavy atom. The van der Waals surface area contributed by atoms with Gasteiger partial charge in [-0.1, -0.05) is 20.3 Å². The second-order valence-electron chi connectivity index (χ2n) is 4.47. The molecule has 1 heterocycles. The Balaban J connectivity index is 0.00000196. The van der Waals surface area contributed by atoms with Crippen LogP contribution in [0.3, 0.4) is 0 Å². The highest BCUT2D eigenvalue weighted by Crippen LogP contribution is 2.25. The first-order valence-corrected chi connectivity index (χ1v) is 5.65. The molecule has 3 atom stereocenters. The summed E-state index contributed by atoms with van der Waals surface area (Å²) in [5.74, 6) is 1.42. The van der Waals surface area contributed by atoms with Crippen molar-refractivity contribution in [3.05, 3.63) is 0 Å². The molecule has 3 nitrogen and oxygen atoms in total. The normalized spacial score (nSPS) is 27.1. The average molecular weight is 235 g/mol. The summed E-state index contributed by atoms with van der Waals surface area (Å²) in [7, 11) is 0. The van der Waals surface area contributed by atoms with Crippen molar-refractivity contribution >= 4 is 18.3 Å². The number of rotatable bonds is 5. The van der Waals surface area contributed by atoms with E-state index >= 15 is 0 Å². The maximum Gasteiger partial charge on any atom is 0.220 e. The standard InChI is InChI=1S/C11H22N2O.ClH/c1-3-9-6-13-7-10(9)5-4-8(2)11(12)14;/h8-10,13H,3-7H2,1-2H3,(H2,12,14);1H. The molecule has 1 fully saturated rings. The molecule has 0 bridgehead atoms. The number of carbonyl (C=O) groups excluding carboxylic acids is 1. The van der Waals surface area contributed by atoms with Crippen molar-refractivity contribution in [1.29, 1.82) is 0 Å². The van der Waals surface area contributed by atoms with Crippen molar-refractivity contribution in [1.82, 2.24) is 5.32 Å². The third-order valence-corrected chi connectivity index (χ3v) is 3.46. The molecule has 0 aromatic carbocycles. The molecule has 90 valence electrons. The molecule has 4 heteroatoms. The van der Waals surface area contributed by atoms with Gasteiger partial charge in [0.1, 0.15) is 0 Å². The van der Waals surface area contributed by atoms with Gasteiger partial charge in [0.2, 0.25) is 5.91 Å². The lowest BCUT2D eigenvalue weighted by Crippen LogP contribution is -2.22. The van der Waals surface area contributed by atoms with Gasteiger partial charge in [0.15, 0.2) is 0 Å². The first-order valence-electron chi connectivity index (χ1n) is 5.65. The zero-order valence-electron chi connectivity index (χ0n) is 9.66. The Kier molecular flexibility index (Phi) is 6.94. The van der Waals surface area contributed by atoms with Gasteiger partial charge in [-0.2, -0.15) is 0 Å². The molecule has 1 aliphatic rings. The van der Waals surface area contributed by atoms with E-state index in [0.717, 1.165) is 37.8 Å². The quantitative estimate of drug-likeness (QED) is 0.759. The lowest BCUT2D eigenvalue weighted by Gasteiger charge is -2.17. The summed E-state index contributed by atoms with van der Waals surface area (Å²) in [6.07, 6.45) is 3.32. The number of nitrogens with two attached hydrogens (primary N) is 1. The van der Waals surface area contributed by atoms with Gasteiger partial charge in [-0.15, -0.1) is 12.4 Å². The molecule has 0 spiro atoms. The Labute approximate surface area is 98.6 Å². The third-order valence-electron chi connectivity index (χ3n) is 3.46. The van der Waals surface area contributed by atoms with Crippen LogP contribution in [0.5, 0.6) is 0 Å². The van der Waals surface area contributed by atoms with Crippen molar-refractivity contribution in [2.75, 3.05) is 13.1 Å². The van der Waals surface area contributed by atoms with Crippen LogP contribution in [0, 0.1) is 17.8 Å². The van der Waals surface area contributed by atoms with Gasteiger partial charge in [0.05, 0.1) is 0 Å². The third kappa shape index (κ3) is 4.39. The van der Waals surface area contributed by atoms with Crippen molar-refractivity contribution in [3.8, 4) is 0 Å². The number of nitrogens with one attached hydrogen (secondary N) is 1. The predicted octanol–water partition coefficient (Wildman–Crippen LogP) is 1.56. The number of hydrogen-bond donors (Lipinski definition) is 2. The summed E-state index contributed by atoms with van der Waals surface area (Å²) >= 11 is 0. The summed E-state index contributed by atoms with van der Waals surface area (Å²) < 4.78 is 0. The number of amides is 1. The van der Waals surface area contributed by atoms with Crippen LogP contribution in [-0.4, -0.2) is 19.0 Å². The fraction of sp³-hybridized carbons (Fsp3) is 0.909. The molecule has 0 aromatic rings. The van der Waals surface area contributed by atoms with E-state index in [1.54, 1.807) is 0 Å². The second kappa shape index (κ2) is 7.07. The van der Waals surface area contributed by atoms with Crippen LogP contribution in [0.25, 0.3) is 0 Å². The maximum atomic E-state index is 10.9. The highest BCUT2D eigenvalue weighted by molar-refractivity contribution is 5.85. The van der Waals surface area contributed by atoms with Crippen LogP contribution in [0.2, 0.25) is 0 Å². The Morgan fingerprint density at radius 3 is 2.60 bits per heavy atom. The van der Waals surface area contributed by atoms with Crippen LogP contribution in [0.1, 0.15) is 33.1 Å². The van der Waals surface area contributed by atoms with Gasteiger partial charge >= 0.3 is 0 Å². The Hall–Kier alpha value is -0.280. The highest BCUT2D eigenvalue weighted by atomic mass is 35.5. The van der Waals surface area contributed by atoms with Gasteiger partial charge in [-0.05, 0) is 37.8 Å². The van der Waals surface area contributed by atoms with Crippen LogP contribution < -0.4 is 11.1 Å². The Morgan fingerprint density at radius 2 is 2.07 bits per heavy atom. The number of halogens is 1. The zero-order valence-corrected chi connectivity index (χ0v) is 10.5. The predicted molar refractivity (Wildman–Crippen MR) is 65.0 cm³/mol. The second-order valence-corrected chi connectivity index (χ2v) is 4.47. The van der Waals surface area contributed by atoms with E-state index in [1.165, 1.54) is 6.42 Å². The van der Waals surface area contributed by atoms with E-state index in [0.29, 0.717) is 0 Å². The fourth-order valence-corrected chi connectivity index (χ4v) is 2.21. The van der Waals surface area contributed by atoms with Gasteiger partial charge in [0.25, 0.3) is 0 Å². The minimum Gasteiger partial charge on any atom is -0.369 e. The largest absolute Gasteiger partial charge is 0.369 e. The summed E-state index contributed by atoms with van der Waals surface area (Å²) in [5.41, 5.74) is 5.23. The molecule has 1 amide bonds. The van der Waals surface area contributed by atoms with E-state index in [9.17, 15) is 4.79 Å². The molecule has 15 heavy (non-hydrogen) atoms. The topological polar surface area (TPSA) is 55.1 Å². The monoisotopic (exact) mass is 234 g/mol. The molecule has 1 aliphatic heterocycles. The number of primary amides is 1. The summed E-state index contributed by atoms with van der Waals surface area (Å²) in [5, 5.41) is 3.41. The van der Waals surface area contributed by atoms with E-state index < -0.39 is 0 Å². The van der Waals surface area contributed by atoms with E-state index in [-0.39, 0.29) is 24.2 Å².